The molecule has 0 spiro atoms. The Morgan fingerprint density at radius 3 is 2.76 bits per heavy atom. The predicted molar refractivity (Wildman–Crippen MR) is 83.6 cm³/mol. The van der Waals surface area contributed by atoms with E-state index in [4.69, 9.17) is 5.14 Å². The van der Waals surface area contributed by atoms with Gasteiger partial charge in [0.1, 0.15) is 4.21 Å². The van der Waals surface area contributed by atoms with Crippen molar-refractivity contribution >= 4 is 27.3 Å². The third-order valence-electron chi connectivity index (χ3n) is 3.82. The Morgan fingerprint density at radius 1 is 1.48 bits per heavy atom. The highest BCUT2D eigenvalue weighted by molar-refractivity contribution is 7.91. The molecular weight excluding hydrogens is 308 g/mol. The van der Waals surface area contributed by atoms with Gasteiger partial charge in [-0.1, -0.05) is 20.3 Å². The summed E-state index contributed by atoms with van der Waals surface area (Å²) < 4.78 is 22.5. The minimum absolute atomic E-state index is 0.0551. The molecule has 0 aromatic carbocycles. The van der Waals surface area contributed by atoms with Crippen LogP contribution in [0.25, 0.3) is 0 Å². The molecule has 1 heterocycles. The second kappa shape index (κ2) is 6.06. The lowest BCUT2D eigenvalue weighted by Gasteiger charge is -2.35. The van der Waals surface area contributed by atoms with Gasteiger partial charge in [0.25, 0.3) is 0 Å². The number of amides is 1. The Bertz CT molecular complexity index is 620. The molecule has 1 unspecified atom stereocenters. The SMILES string of the molecule is CC1(C)CCCC(NC(=O)Cc2ccc(S(N)(=O)=O)s2)C1. The standard InChI is InChI=1S/C14H22N2O3S2/c1-14(2)7-3-4-10(9-14)16-12(17)8-11-5-6-13(20-11)21(15,18)19/h5-6,10H,3-4,7-9H2,1-2H3,(H,16,17)(H2,15,18,19). The van der Waals surface area contributed by atoms with Crippen molar-refractivity contribution in [3.63, 3.8) is 0 Å². The van der Waals surface area contributed by atoms with Gasteiger partial charge in [-0.25, -0.2) is 13.6 Å². The van der Waals surface area contributed by atoms with E-state index in [-0.39, 0.29) is 28.0 Å². The van der Waals surface area contributed by atoms with Crippen LogP contribution in [0.2, 0.25) is 0 Å². The summed E-state index contributed by atoms with van der Waals surface area (Å²) in [5.41, 5.74) is 0.278. The fourth-order valence-electron chi connectivity index (χ4n) is 2.86. The van der Waals surface area contributed by atoms with Crippen molar-refractivity contribution in [1.29, 1.82) is 0 Å². The molecule has 1 aliphatic rings. The summed E-state index contributed by atoms with van der Waals surface area (Å²) in [5, 5.41) is 8.12. The zero-order valence-electron chi connectivity index (χ0n) is 12.4. The molecule has 0 bridgehead atoms. The number of thiophene rings is 1. The number of carbonyl (C=O) groups excluding carboxylic acids is 1. The molecular formula is C14H22N2O3S2. The van der Waals surface area contributed by atoms with E-state index in [2.05, 4.69) is 19.2 Å². The second-order valence-electron chi connectivity index (χ2n) is 6.47. The van der Waals surface area contributed by atoms with Crippen molar-refractivity contribution in [1.82, 2.24) is 5.32 Å². The first-order valence-electron chi connectivity index (χ1n) is 7.07. The van der Waals surface area contributed by atoms with Crippen molar-refractivity contribution in [3.05, 3.63) is 17.0 Å². The van der Waals surface area contributed by atoms with Crippen LogP contribution in [0, 0.1) is 5.41 Å². The third-order valence-corrected chi connectivity index (χ3v) is 6.35. The van der Waals surface area contributed by atoms with Crippen molar-refractivity contribution < 1.29 is 13.2 Å². The van der Waals surface area contributed by atoms with Gasteiger partial charge in [-0.2, -0.15) is 0 Å². The van der Waals surface area contributed by atoms with Gasteiger partial charge >= 0.3 is 0 Å². The topological polar surface area (TPSA) is 89.3 Å². The van der Waals surface area contributed by atoms with Gasteiger partial charge in [-0.05, 0) is 36.8 Å². The minimum atomic E-state index is -3.67. The fourth-order valence-corrected chi connectivity index (χ4v) is 4.64. The summed E-state index contributed by atoms with van der Waals surface area (Å²) in [6.45, 7) is 4.45. The van der Waals surface area contributed by atoms with Gasteiger partial charge in [-0.15, -0.1) is 11.3 Å². The normalized spacial score (nSPS) is 22.0. The first-order chi connectivity index (χ1) is 9.66. The molecule has 7 heteroatoms. The Kier molecular flexibility index (Phi) is 4.75. The maximum absolute atomic E-state index is 12.1. The van der Waals surface area contributed by atoms with E-state index in [0.29, 0.717) is 4.88 Å². The van der Waals surface area contributed by atoms with Crippen LogP contribution in [0.3, 0.4) is 0 Å². The maximum atomic E-state index is 12.1. The van der Waals surface area contributed by atoms with E-state index in [1.165, 1.54) is 12.5 Å². The Hall–Kier alpha value is -0.920. The van der Waals surface area contributed by atoms with Gasteiger partial charge in [0.05, 0.1) is 6.42 Å². The van der Waals surface area contributed by atoms with Crippen molar-refractivity contribution in [3.8, 4) is 0 Å². The average molecular weight is 330 g/mol. The zero-order valence-corrected chi connectivity index (χ0v) is 14.0. The molecule has 1 fully saturated rings. The lowest BCUT2D eigenvalue weighted by molar-refractivity contribution is -0.121. The van der Waals surface area contributed by atoms with E-state index in [9.17, 15) is 13.2 Å². The molecule has 118 valence electrons. The third kappa shape index (κ3) is 4.79. The lowest BCUT2D eigenvalue weighted by Crippen LogP contribution is -2.41. The summed E-state index contributed by atoms with van der Waals surface area (Å²) >= 11 is 1.06. The molecule has 5 nitrogen and oxygen atoms in total. The van der Waals surface area contributed by atoms with Gasteiger partial charge in [0.2, 0.25) is 15.9 Å². The lowest BCUT2D eigenvalue weighted by atomic mass is 9.75. The second-order valence-corrected chi connectivity index (χ2v) is 9.42. The van der Waals surface area contributed by atoms with Crippen LogP contribution >= 0.6 is 11.3 Å². The minimum Gasteiger partial charge on any atom is -0.353 e. The van der Waals surface area contributed by atoms with Crippen molar-refractivity contribution in [2.45, 2.75) is 56.2 Å². The quantitative estimate of drug-likeness (QED) is 0.885. The molecule has 1 aromatic rings. The van der Waals surface area contributed by atoms with Crippen LogP contribution in [0.4, 0.5) is 0 Å². The van der Waals surface area contributed by atoms with Crippen molar-refractivity contribution in [2.24, 2.45) is 10.6 Å². The molecule has 1 atom stereocenters. The molecule has 21 heavy (non-hydrogen) atoms. The van der Waals surface area contributed by atoms with Gasteiger partial charge in [0.15, 0.2) is 0 Å². The zero-order chi connectivity index (χ0) is 15.7. The molecule has 1 aliphatic carbocycles. The van der Waals surface area contributed by atoms with Crippen LogP contribution in [-0.2, 0) is 21.2 Å². The number of sulfonamides is 1. The summed E-state index contributed by atoms with van der Waals surface area (Å²) in [5.74, 6) is -0.0551. The first kappa shape index (κ1) is 16.5. The molecule has 1 aromatic heterocycles. The highest BCUT2D eigenvalue weighted by Crippen LogP contribution is 2.35. The molecule has 0 radical (unpaired) electrons. The monoisotopic (exact) mass is 330 g/mol. The van der Waals surface area contributed by atoms with Crippen molar-refractivity contribution in [2.75, 3.05) is 0 Å². The summed E-state index contributed by atoms with van der Waals surface area (Å²) in [7, 11) is -3.67. The molecule has 0 aliphatic heterocycles. The van der Waals surface area contributed by atoms with Crippen LogP contribution in [0.1, 0.15) is 44.4 Å². The highest BCUT2D eigenvalue weighted by atomic mass is 32.2. The first-order valence-corrected chi connectivity index (χ1v) is 9.43. The maximum Gasteiger partial charge on any atom is 0.247 e. The van der Waals surface area contributed by atoms with E-state index in [1.807, 2.05) is 0 Å². The number of carbonyl (C=O) groups is 1. The van der Waals surface area contributed by atoms with E-state index in [0.717, 1.165) is 30.6 Å². The number of nitrogens with one attached hydrogen (secondary N) is 1. The smallest absolute Gasteiger partial charge is 0.247 e. The average Bonchev–Trinajstić information content (AvgIpc) is 2.75. The molecule has 1 amide bonds. The summed E-state index contributed by atoms with van der Waals surface area (Å²) in [4.78, 5) is 12.8. The van der Waals surface area contributed by atoms with Crippen LogP contribution in [0.5, 0.6) is 0 Å². The highest BCUT2D eigenvalue weighted by Gasteiger charge is 2.28. The number of nitrogens with two attached hydrogens (primary N) is 1. The Labute approximate surface area is 130 Å². The van der Waals surface area contributed by atoms with E-state index >= 15 is 0 Å². The number of hydrogen-bond acceptors (Lipinski definition) is 4. The van der Waals surface area contributed by atoms with Gasteiger partial charge in [-0.3, -0.25) is 4.79 Å². The summed E-state index contributed by atoms with van der Waals surface area (Å²) in [6, 6.07) is 3.32. The molecule has 3 N–H and O–H groups in total. The molecule has 1 saturated carbocycles. The largest absolute Gasteiger partial charge is 0.353 e. The van der Waals surface area contributed by atoms with E-state index < -0.39 is 10.0 Å². The molecule has 2 rings (SSSR count). The summed E-state index contributed by atoms with van der Waals surface area (Å²) in [6.07, 6.45) is 4.54. The van der Waals surface area contributed by atoms with E-state index in [1.54, 1.807) is 6.07 Å². The number of hydrogen-bond donors (Lipinski definition) is 2. The predicted octanol–water partition coefficient (Wildman–Crippen LogP) is 2.02. The van der Waals surface area contributed by atoms with Gasteiger partial charge < -0.3 is 5.32 Å². The number of primary sulfonamides is 1. The van der Waals surface area contributed by atoms with Crippen LogP contribution in [-0.4, -0.2) is 20.4 Å². The van der Waals surface area contributed by atoms with Gasteiger partial charge in [0, 0.05) is 10.9 Å². The molecule has 0 saturated heterocycles. The Morgan fingerprint density at radius 2 is 2.19 bits per heavy atom. The fraction of sp³-hybridized carbons (Fsp3) is 0.643. The van der Waals surface area contributed by atoms with Crippen LogP contribution < -0.4 is 10.5 Å². The van der Waals surface area contributed by atoms with Crippen LogP contribution in [0.15, 0.2) is 16.3 Å². The Balaban J connectivity index is 1.91. The number of rotatable bonds is 4.